The number of hydrogen-bond acceptors (Lipinski definition) is 3. The van der Waals surface area contributed by atoms with Crippen LogP contribution in [0.2, 0.25) is 0 Å². The Morgan fingerprint density at radius 2 is 2.17 bits per heavy atom. The zero-order valence-electron chi connectivity index (χ0n) is 12.4. The highest BCUT2D eigenvalue weighted by Gasteiger charge is 2.19. The van der Waals surface area contributed by atoms with E-state index in [0.29, 0.717) is 6.54 Å². The van der Waals surface area contributed by atoms with Gasteiger partial charge < -0.3 is 10.3 Å². The van der Waals surface area contributed by atoms with Crippen LogP contribution in [0.4, 0.5) is 0 Å². The summed E-state index contributed by atoms with van der Waals surface area (Å²) in [6, 6.07) is 10.0. The molecule has 1 amide bonds. The highest BCUT2D eigenvalue weighted by atomic mass is 32.1. The van der Waals surface area contributed by atoms with E-state index in [1.54, 1.807) is 17.5 Å². The van der Waals surface area contributed by atoms with E-state index in [0.717, 1.165) is 34.6 Å². The number of carbonyl (C=O) groups excluding carboxylic acids is 1. The van der Waals surface area contributed by atoms with Crippen molar-refractivity contribution in [2.75, 3.05) is 6.54 Å². The van der Waals surface area contributed by atoms with Gasteiger partial charge in [0.15, 0.2) is 0 Å². The molecule has 0 unspecified atom stereocenters. The molecule has 0 fully saturated rings. The number of hydrogen-bond donors (Lipinski definition) is 2. The van der Waals surface area contributed by atoms with Gasteiger partial charge in [-0.15, -0.1) is 11.3 Å². The largest absolute Gasteiger partial charge is 0.358 e. The third kappa shape index (κ3) is 2.83. The molecule has 3 aromatic rings. The fourth-order valence-corrected chi connectivity index (χ4v) is 3.33. The Morgan fingerprint density at radius 3 is 3.00 bits per heavy atom. The summed E-state index contributed by atoms with van der Waals surface area (Å²) in [5, 5.41) is 4.92. The summed E-state index contributed by atoms with van der Waals surface area (Å²) in [6.45, 7) is 0.691. The number of nitrogens with one attached hydrogen (secondary N) is 2. The molecule has 4 heterocycles. The van der Waals surface area contributed by atoms with Gasteiger partial charge in [-0.25, -0.2) is 0 Å². The second-order valence-electron chi connectivity index (χ2n) is 5.40. The van der Waals surface area contributed by atoms with Crippen molar-refractivity contribution >= 4 is 29.4 Å². The van der Waals surface area contributed by atoms with Gasteiger partial charge >= 0.3 is 0 Å². The van der Waals surface area contributed by atoms with Gasteiger partial charge in [0.05, 0.1) is 11.3 Å². The molecule has 4 nitrogen and oxygen atoms in total. The number of carbonyl (C=O) groups is 1. The first-order chi connectivity index (χ1) is 11.3. The molecular formula is C18H15N3OS. The van der Waals surface area contributed by atoms with Gasteiger partial charge in [0.2, 0.25) is 0 Å². The average Bonchev–Trinajstić information content (AvgIpc) is 3.23. The summed E-state index contributed by atoms with van der Waals surface area (Å²) in [7, 11) is 0. The summed E-state index contributed by atoms with van der Waals surface area (Å²) in [5.74, 6) is 0.000575. The van der Waals surface area contributed by atoms with Crippen LogP contribution in [-0.4, -0.2) is 22.4 Å². The minimum atomic E-state index is 0.000575. The number of amides is 1. The Kier molecular flexibility index (Phi) is 3.55. The van der Waals surface area contributed by atoms with Crippen LogP contribution in [0.1, 0.15) is 26.6 Å². The number of H-pyrrole nitrogens is 1. The number of pyridine rings is 1. The molecule has 1 aliphatic rings. The maximum Gasteiger partial charge on any atom is 0.253 e. The number of aromatic amines is 1. The number of thiophene rings is 1. The molecule has 23 heavy (non-hydrogen) atoms. The highest BCUT2D eigenvalue weighted by Crippen LogP contribution is 2.24. The van der Waals surface area contributed by atoms with Crippen LogP contribution in [0.5, 0.6) is 0 Å². The van der Waals surface area contributed by atoms with Crippen LogP contribution in [-0.2, 0) is 6.42 Å². The number of nitrogens with zero attached hydrogens (tertiary/aromatic N) is 1. The Morgan fingerprint density at radius 1 is 1.22 bits per heavy atom. The van der Waals surface area contributed by atoms with E-state index in [-0.39, 0.29) is 5.91 Å². The molecular weight excluding hydrogens is 306 g/mol. The van der Waals surface area contributed by atoms with Crippen molar-refractivity contribution in [2.45, 2.75) is 6.42 Å². The van der Waals surface area contributed by atoms with Crippen molar-refractivity contribution in [2.24, 2.45) is 0 Å². The standard InChI is InChI=1S/C18H15N3OS/c22-18-15-11-17(21-16(15)6-8-20-18)12-5-7-19-13(10-12)3-4-14-2-1-9-23-14/h1-5,7,9-11,21H,6,8H2,(H,20,22)/b4-3-. The van der Waals surface area contributed by atoms with E-state index >= 15 is 0 Å². The molecule has 0 aromatic carbocycles. The maximum atomic E-state index is 11.9. The van der Waals surface area contributed by atoms with Crippen LogP contribution >= 0.6 is 11.3 Å². The van der Waals surface area contributed by atoms with Crippen molar-refractivity contribution in [1.82, 2.24) is 15.3 Å². The third-order valence-electron chi connectivity index (χ3n) is 3.86. The van der Waals surface area contributed by atoms with E-state index in [2.05, 4.69) is 32.8 Å². The monoisotopic (exact) mass is 321 g/mol. The molecule has 114 valence electrons. The van der Waals surface area contributed by atoms with Gasteiger partial charge in [-0.05, 0) is 41.8 Å². The average molecular weight is 321 g/mol. The lowest BCUT2D eigenvalue weighted by Crippen LogP contribution is -2.31. The fourth-order valence-electron chi connectivity index (χ4n) is 2.71. The topological polar surface area (TPSA) is 57.8 Å². The number of fused-ring (bicyclic) bond motifs is 1. The van der Waals surface area contributed by atoms with Crippen LogP contribution in [0.15, 0.2) is 41.9 Å². The van der Waals surface area contributed by atoms with Gasteiger partial charge in [-0.2, -0.15) is 0 Å². The van der Waals surface area contributed by atoms with Crippen molar-refractivity contribution in [3.63, 3.8) is 0 Å². The van der Waals surface area contributed by atoms with Crippen LogP contribution < -0.4 is 5.32 Å². The van der Waals surface area contributed by atoms with E-state index in [1.165, 1.54) is 4.88 Å². The minimum absolute atomic E-state index is 0.000575. The number of rotatable bonds is 3. The summed E-state index contributed by atoms with van der Waals surface area (Å²) >= 11 is 1.70. The van der Waals surface area contributed by atoms with Gasteiger partial charge in [0, 0.05) is 41.0 Å². The highest BCUT2D eigenvalue weighted by molar-refractivity contribution is 7.10. The molecule has 0 aliphatic carbocycles. The molecule has 1 aliphatic heterocycles. The Hall–Kier alpha value is -2.66. The smallest absolute Gasteiger partial charge is 0.253 e. The quantitative estimate of drug-likeness (QED) is 0.774. The van der Waals surface area contributed by atoms with Crippen molar-refractivity contribution in [3.05, 3.63) is 63.7 Å². The normalized spacial score (nSPS) is 14.0. The van der Waals surface area contributed by atoms with E-state index in [9.17, 15) is 4.79 Å². The molecule has 4 rings (SSSR count). The van der Waals surface area contributed by atoms with Crippen LogP contribution in [0, 0.1) is 0 Å². The Bertz CT molecular complexity index is 878. The van der Waals surface area contributed by atoms with Crippen LogP contribution in [0.25, 0.3) is 23.4 Å². The van der Waals surface area contributed by atoms with Crippen molar-refractivity contribution in [1.29, 1.82) is 0 Å². The molecule has 0 radical (unpaired) electrons. The van der Waals surface area contributed by atoms with E-state index in [1.807, 2.05) is 30.3 Å². The fraction of sp³-hybridized carbons (Fsp3) is 0.111. The molecule has 0 bridgehead atoms. The number of aromatic nitrogens is 2. The van der Waals surface area contributed by atoms with Crippen LogP contribution in [0.3, 0.4) is 0 Å². The first-order valence-corrected chi connectivity index (χ1v) is 8.36. The molecule has 3 aromatic heterocycles. The molecule has 2 N–H and O–H groups in total. The summed E-state index contributed by atoms with van der Waals surface area (Å²) in [4.78, 5) is 20.8. The SMILES string of the molecule is O=C1NCCc2[nH]c(-c3ccnc(/C=C\c4cccs4)c3)cc21. The van der Waals surface area contributed by atoms with Gasteiger partial charge in [0.1, 0.15) is 0 Å². The first kappa shape index (κ1) is 14.0. The van der Waals surface area contributed by atoms with Gasteiger partial charge in [0.25, 0.3) is 5.91 Å². The lowest BCUT2D eigenvalue weighted by Gasteiger charge is -2.10. The predicted molar refractivity (Wildman–Crippen MR) is 93.3 cm³/mol. The Labute approximate surface area is 137 Å². The molecule has 0 atom stereocenters. The van der Waals surface area contributed by atoms with Crippen molar-refractivity contribution in [3.8, 4) is 11.3 Å². The third-order valence-corrected chi connectivity index (χ3v) is 4.70. The molecule has 0 saturated heterocycles. The summed E-state index contributed by atoms with van der Waals surface area (Å²) < 4.78 is 0. The van der Waals surface area contributed by atoms with E-state index in [4.69, 9.17) is 0 Å². The zero-order valence-corrected chi connectivity index (χ0v) is 13.2. The van der Waals surface area contributed by atoms with Gasteiger partial charge in [-0.3, -0.25) is 9.78 Å². The van der Waals surface area contributed by atoms with Gasteiger partial charge in [-0.1, -0.05) is 6.07 Å². The Balaban J connectivity index is 1.65. The second kappa shape index (κ2) is 5.85. The second-order valence-corrected chi connectivity index (χ2v) is 6.38. The van der Waals surface area contributed by atoms with Crippen molar-refractivity contribution < 1.29 is 4.79 Å². The lowest BCUT2D eigenvalue weighted by molar-refractivity contribution is 0.0946. The predicted octanol–water partition coefficient (Wildman–Crippen LogP) is 3.59. The molecule has 0 spiro atoms. The first-order valence-electron chi connectivity index (χ1n) is 7.48. The summed E-state index contributed by atoms with van der Waals surface area (Å²) in [6.07, 6.45) is 6.70. The maximum absolute atomic E-state index is 11.9. The zero-order chi connectivity index (χ0) is 15.6. The molecule has 5 heteroatoms. The lowest BCUT2D eigenvalue weighted by atomic mass is 10.1. The minimum Gasteiger partial charge on any atom is -0.358 e. The molecule has 0 saturated carbocycles. The summed E-state index contributed by atoms with van der Waals surface area (Å²) in [5.41, 5.74) is 4.65. The van der Waals surface area contributed by atoms with E-state index < -0.39 is 0 Å².